The summed E-state index contributed by atoms with van der Waals surface area (Å²) < 4.78 is 6.21. The summed E-state index contributed by atoms with van der Waals surface area (Å²) >= 11 is 0. The number of para-hydroxylation sites is 1. The van der Waals surface area contributed by atoms with Crippen molar-refractivity contribution in [1.82, 2.24) is 15.1 Å². The standard InChI is InChI=1S/C21H27N3O3/c25-20(23-12-3-4-13-23)17-6-1-2-8-19(17)27-16-9-14-24(15-10-16)21(26)18-7-5-11-22-18/h1-2,5-8,16,18,22H,3-4,9-15H2. The minimum atomic E-state index is -0.179. The van der Waals surface area contributed by atoms with Crippen molar-refractivity contribution in [2.45, 2.75) is 37.8 Å². The number of nitrogens with one attached hydrogen (secondary N) is 1. The molecule has 3 heterocycles. The predicted molar refractivity (Wildman–Crippen MR) is 103 cm³/mol. The first kappa shape index (κ1) is 18.0. The van der Waals surface area contributed by atoms with Crippen molar-refractivity contribution in [2.75, 3.05) is 32.7 Å². The van der Waals surface area contributed by atoms with E-state index in [0.717, 1.165) is 45.3 Å². The number of nitrogens with zero attached hydrogens (tertiary/aromatic N) is 2. The van der Waals surface area contributed by atoms with Crippen LogP contribution in [0, 0.1) is 0 Å². The Hall–Kier alpha value is -2.34. The van der Waals surface area contributed by atoms with E-state index in [-0.39, 0.29) is 24.0 Å². The molecule has 0 aromatic heterocycles. The van der Waals surface area contributed by atoms with Crippen LogP contribution in [-0.2, 0) is 4.79 Å². The predicted octanol–water partition coefficient (Wildman–Crippen LogP) is 1.82. The van der Waals surface area contributed by atoms with E-state index in [1.165, 1.54) is 0 Å². The molecule has 3 aliphatic rings. The lowest BCUT2D eigenvalue weighted by Crippen LogP contribution is -2.48. The third kappa shape index (κ3) is 4.00. The second-order valence-corrected chi connectivity index (χ2v) is 7.45. The second kappa shape index (κ2) is 8.13. The SMILES string of the molecule is O=C(c1ccccc1OC1CCN(C(=O)C2C=CCN2)CC1)N1CCCC1. The summed E-state index contributed by atoms with van der Waals surface area (Å²) in [7, 11) is 0. The highest BCUT2D eigenvalue weighted by Gasteiger charge is 2.29. The van der Waals surface area contributed by atoms with E-state index < -0.39 is 0 Å². The minimum absolute atomic E-state index is 0.0358. The van der Waals surface area contributed by atoms with Crippen molar-refractivity contribution in [1.29, 1.82) is 0 Å². The van der Waals surface area contributed by atoms with Crippen LogP contribution in [0.15, 0.2) is 36.4 Å². The number of carbonyl (C=O) groups is 2. The number of hydrogen-bond donors (Lipinski definition) is 1. The lowest BCUT2D eigenvalue weighted by molar-refractivity contribution is -0.133. The monoisotopic (exact) mass is 369 g/mol. The topological polar surface area (TPSA) is 61.9 Å². The van der Waals surface area contributed by atoms with Crippen molar-refractivity contribution in [3.05, 3.63) is 42.0 Å². The zero-order valence-electron chi connectivity index (χ0n) is 15.6. The van der Waals surface area contributed by atoms with E-state index in [0.29, 0.717) is 24.4 Å². The first-order valence-corrected chi connectivity index (χ1v) is 9.96. The molecule has 144 valence electrons. The average molecular weight is 369 g/mol. The molecule has 1 atom stereocenters. The van der Waals surface area contributed by atoms with Crippen LogP contribution in [0.5, 0.6) is 5.75 Å². The molecule has 1 aromatic rings. The van der Waals surface area contributed by atoms with Crippen molar-refractivity contribution < 1.29 is 14.3 Å². The Labute approximate surface area is 160 Å². The maximum Gasteiger partial charge on any atom is 0.257 e. The van der Waals surface area contributed by atoms with E-state index in [9.17, 15) is 9.59 Å². The van der Waals surface area contributed by atoms with Gasteiger partial charge in [0.05, 0.1) is 5.56 Å². The van der Waals surface area contributed by atoms with E-state index >= 15 is 0 Å². The van der Waals surface area contributed by atoms with Gasteiger partial charge in [-0.05, 0) is 25.0 Å². The van der Waals surface area contributed by atoms with Crippen molar-refractivity contribution in [3.8, 4) is 5.75 Å². The zero-order chi connectivity index (χ0) is 18.6. The highest BCUT2D eigenvalue weighted by molar-refractivity contribution is 5.97. The van der Waals surface area contributed by atoms with Gasteiger partial charge in [-0.15, -0.1) is 0 Å². The molecule has 4 rings (SSSR count). The first-order chi connectivity index (χ1) is 13.2. The van der Waals surface area contributed by atoms with Gasteiger partial charge in [-0.25, -0.2) is 0 Å². The van der Waals surface area contributed by atoms with Crippen LogP contribution in [0.25, 0.3) is 0 Å². The molecule has 0 saturated carbocycles. The van der Waals surface area contributed by atoms with Crippen molar-refractivity contribution in [3.63, 3.8) is 0 Å². The molecule has 2 saturated heterocycles. The quantitative estimate of drug-likeness (QED) is 0.823. The van der Waals surface area contributed by atoms with Crippen molar-refractivity contribution in [2.24, 2.45) is 0 Å². The van der Waals surface area contributed by atoms with Gasteiger partial charge in [-0.3, -0.25) is 14.9 Å². The van der Waals surface area contributed by atoms with Gasteiger partial charge < -0.3 is 14.5 Å². The zero-order valence-corrected chi connectivity index (χ0v) is 15.6. The number of piperidine rings is 1. The fourth-order valence-electron chi connectivity index (χ4n) is 4.04. The first-order valence-electron chi connectivity index (χ1n) is 9.96. The molecule has 2 fully saturated rings. The summed E-state index contributed by atoms with van der Waals surface area (Å²) in [6.45, 7) is 3.81. The summed E-state index contributed by atoms with van der Waals surface area (Å²) in [6.07, 6.45) is 7.69. The lowest BCUT2D eigenvalue weighted by Gasteiger charge is -2.33. The summed E-state index contributed by atoms with van der Waals surface area (Å²) in [5.41, 5.74) is 0.651. The molecule has 27 heavy (non-hydrogen) atoms. The Kier molecular flexibility index (Phi) is 5.43. The van der Waals surface area contributed by atoms with Crippen LogP contribution >= 0.6 is 0 Å². The van der Waals surface area contributed by atoms with E-state index in [2.05, 4.69) is 5.32 Å². The highest BCUT2D eigenvalue weighted by Crippen LogP contribution is 2.26. The molecule has 2 amide bonds. The lowest BCUT2D eigenvalue weighted by atomic mass is 10.1. The molecule has 0 bridgehead atoms. The third-order valence-corrected chi connectivity index (χ3v) is 5.61. The molecule has 3 aliphatic heterocycles. The number of ether oxygens (including phenoxy) is 1. The summed E-state index contributed by atoms with van der Waals surface area (Å²) in [5.74, 6) is 0.876. The third-order valence-electron chi connectivity index (χ3n) is 5.61. The molecule has 0 aliphatic carbocycles. The Morgan fingerprint density at radius 3 is 2.44 bits per heavy atom. The van der Waals surface area contributed by atoms with E-state index in [4.69, 9.17) is 4.74 Å². The fourth-order valence-corrected chi connectivity index (χ4v) is 4.04. The number of amides is 2. The van der Waals surface area contributed by atoms with Crippen molar-refractivity contribution >= 4 is 11.8 Å². The number of benzene rings is 1. The number of carbonyl (C=O) groups excluding carboxylic acids is 2. The van der Waals surface area contributed by atoms with Gasteiger partial charge in [-0.1, -0.05) is 24.3 Å². The summed E-state index contributed by atoms with van der Waals surface area (Å²) in [5, 5.41) is 3.18. The average Bonchev–Trinajstić information content (AvgIpc) is 3.42. The van der Waals surface area contributed by atoms with Crippen LogP contribution in [0.3, 0.4) is 0 Å². The Morgan fingerprint density at radius 2 is 1.74 bits per heavy atom. The van der Waals surface area contributed by atoms with Gasteiger partial charge in [-0.2, -0.15) is 0 Å². The Bertz CT molecular complexity index is 719. The van der Waals surface area contributed by atoms with Crippen LogP contribution in [0.4, 0.5) is 0 Å². The molecular formula is C21H27N3O3. The molecule has 1 N–H and O–H groups in total. The highest BCUT2D eigenvalue weighted by atomic mass is 16.5. The van der Waals surface area contributed by atoms with Gasteiger partial charge >= 0.3 is 0 Å². The maximum atomic E-state index is 12.8. The largest absolute Gasteiger partial charge is 0.489 e. The van der Waals surface area contributed by atoms with Gasteiger partial charge in [0, 0.05) is 45.6 Å². The second-order valence-electron chi connectivity index (χ2n) is 7.45. The number of hydrogen-bond acceptors (Lipinski definition) is 4. The molecule has 6 nitrogen and oxygen atoms in total. The fraction of sp³-hybridized carbons (Fsp3) is 0.524. The Balaban J connectivity index is 1.36. The van der Waals surface area contributed by atoms with Gasteiger partial charge in [0.15, 0.2) is 0 Å². The molecule has 1 aromatic carbocycles. The molecule has 6 heteroatoms. The molecule has 1 unspecified atom stereocenters. The van der Waals surface area contributed by atoms with Gasteiger partial charge in [0.25, 0.3) is 5.91 Å². The van der Waals surface area contributed by atoms with Crippen LogP contribution in [0.1, 0.15) is 36.0 Å². The smallest absolute Gasteiger partial charge is 0.257 e. The number of likely N-dealkylation sites (tertiary alicyclic amines) is 2. The van der Waals surface area contributed by atoms with Gasteiger partial charge in [0.1, 0.15) is 17.9 Å². The van der Waals surface area contributed by atoms with Crippen LogP contribution < -0.4 is 10.1 Å². The minimum Gasteiger partial charge on any atom is -0.489 e. The van der Waals surface area contributed by atoms with Crippen LogP contribution in [0.2, 0.25) is 0 Å². The van der Waals surface area contributed by atoms with Crippen LogP contribution in [-0.4, -0.2) is 66.5 Å². The van der Waals surface area contributed by atoms with E-state index in [1.807, 2.05) is 46.2 Å². The maximum absolute atomic E-state index is 12.8. The normalized spacial score (nSPS) is 23.0. The number of rotatable bonds is 4. The van der Waals surface area contributed by atoms with E-state index in [1.54, 1.807) is 0 Å². The Morgan fingerprint density at radius 1 is 1.00 bits per heavy atom. The van der Waals surface area contributed by atoms with Gasteiger partial charge in [0.2, 0.25) is 5.91 Å². The molecule has 0 spiro atoms. The molecular weight excluding hydrogens is 342 g/mol. The molecule has 0 radical (unpaired) electrons. The summed E-state index contributed by atoms with van der Waals surface area (Å²) in [6, 6.07) is 7.36. The summed E-state index contributed by atoms with van der Waals surface area (Å²) in [4.78, 5) is 29.1.